The summed E-state index contributed by atoms with van der Waals surface area (Å²) in [6, 6.07) is 14.1. The zero-order valence-corrected chi connectivity index (χ0v) is 17.3. The zero-order valence-electron chi connectivity index (χ0n) is 17.3. The van der Waals surface area contributed by atoms with Gasteiger partial charge in [-0.2, -0.15) is 8.78 Å². The average molecular weight is 439 g/mol. The van der Waals surface area contributed by atoms with E-state index in [1.54, 1.807) is 28.0 Å². The number of aromatic amines is 1. The minimum atomic E-state index is -2.94. The Morgan fingerprint density at radius 2 is 1.69 bits per heavy atom. The fraction of sp³-hybridized carbons (Fsp3) is 0.250. The SMILES string of the molecule is O=C(C=Cc1ccccc1OC(F)F)N1CCN(C(=O)Cc2c[nH]c3ccccc23)CC1. The molecule has 3 aromatic rings. The number of amides is 2. The smallest absolute Gasteiger partial charge is 0.387 e. The second kappa shape index (κ2) is 9.64. The highest BCUT2D eigenvalue weighted by molar-refractivity contribution is 5.92. The molecule has 0 atom stereocenters. The fourth-order valence-electron chi connectivity index (χ4n) is 3.82. The maximum Gasteiger partial charge on any atom is 0.387 e. The lowest BCUT2D eigenvalue weighted by Crippen LogP contribution is -2.50. The highest BCUT2D eigenvalue weighted by Gasteiger charge is 2.23. The average Bonchev–Trinajstić information content (AvgIpc) is 3.21. The summed E-state index contributed by atoms with van der Waals surface area (Å²) < 4.78 is 29.5. The van der Waals surface area contributed by atoms with Crippen LogP contribution < -0.4 is 4.74 Å². The van der Waals surface area contributed by atoms with Gasteiger partial charge in [0.2, 0.25) is 11.8 Å². The predicted octanol–water partition coefficient (Wildman–Crippen LogP) is 3.70. The van der Waals surface area contributed by atoms with Gasteiger partial charge in [0, 0.05) is 54.9 Å². The number of rotatable bonds is 6. The Morgan fingerprint density at radius 1 is 1.00 bits per heavy atom. The number of piperazine rings is 1. The van der Waals surface area contributed by atoms with Gasteiger partial charge in [0.1, 0.15) is 5.75 Å². The molecule has 6 nitrogen and oxygen atoms in total. The molecule has 1 aromatic heterocycles. The van der Waals surface area contributed by atoms with Crippen LogP contribution in [0.1, 0.15) is 11.1 Å². The number of nitrogens with zero attached hydrogens (tertiary/aromatic N) is 2. The third-order valence-corrected chi connectivity index (χ3v) is 5.50. The van der Waals surface area contributed by atoms with Crippen LogP contribution in [0.25, 0.3) is 17.0 Å². The Kier molecular flexibility index (Phi) is 6.49. The van der Waals surface area contributed by atoms with E-state index in [-0.39, 0.29) is 17.6 Å². The van der Waals surface area contributed by atoms with Crippen molar-refractivity contribution in [1.82, 2.24) is 14.8 Å². The minimum absolute atomic E-state index is 0.0132. The molecule has 1 fully saturated rings. The van der Waals surface area contributed by atoms with Crippen molar-refractivity contribution in [2.75, 3.05) is 26.2 Å². The number of carbonyl (C=O) groups is 2. The number of nitrogens with one attached hydrogen (secondary N) is 1. The number of hydrogen-bond acceptors (Lipinski definition) is 3. The van der Waals surface area contributed by atoms with Crippen molar-refractivity contribution < 1.29 is 23.1 Å². The normalized spacial score (nSPS) is 14.5. The third-order valence-electron chi connectivity index (χ3n) is 5.50. The Hall–Kier alpha value is -3.68. The molecular formula is C24H23F2N3O3. The van der Waals surface area contributed by atoms with E-state index in [2.05, 4.69) is 9.72 Å². The molecule has 0 radical (unpaired) electrons. The van der Waals surface area contributed by atoms with E-state index in [1.807, 2.05) is 30.5 Å². The van der Waals surface area contributed by atoms with Gasteiger partial charge in [0.05, 0.1) is 6.42 Å². The minimum Gasteiger partial charge on any atom is -0.434 e. The molecule has 1 saturated heterocycles. The van der Waals surface area contributed by atoms with Gasteiger partial charge in [-0.15, -0.1) is 0 Å². The van der Waals surface area contributed by atoms with E-state index < -0.39 is 6.61 Å². The molecule has 166 valence electrons. The molecule has 0 aliphatic carbocycles. The number of para-hydroxylation sites is 2. The lowest BCUT2D eigenvalue weighted by atomic mass is 10.1. The van der Waals surface area contributed by atoms with Gasteiger partial charge in [0.15, 0.2) is 0 Å². The van der Waals surface area contributed by atoms with Gasteiger partial charge in [-0.1, -0.05) is 36.4 Å². The molecule has 2 amide bonds. The Morgan fingerprint density at radius 3 is 2.47 bits per heavy atom. The summed E-state index contributed by atoms with van der Waals surface area (Å²) in [6.45, 7) is -1.21. The van der Waals surface area contributed by atoms with Gasteiger partial charge < -0.3 is 19.5 Å². The first-order valence-electron chi connectivity index (χ1n) is 10.3. The summed E-state index contributed by atoms with van der Waals surface area (Å²) >= 11 is 0. The molecule has 0 unspecified atom stereocenters. The molecule has 0 spiro atoms. The Labute approximate surface area is 184 Å². The van der Waals surface area contributed by atoms with E-state index in [9.17, 15) is 18.4 Å². The van der Waals surface area contributed by atoms with Crippen LogP contribution >= 0.6 is 0 Å². The summed E-state index contributed by atoms with van der Waals surface area (Å²) in [7, 11) is 0. The summed E-state index contributed by atoms with van der Waals surface area (Å²) in [4.78, 5) is 31.9. The van der Waals surface area contributed by atoms with Crippen LogP contribution in [0.5, 0.6) is 5.75 Å². The standard InChI is InChI=1S/C24H23F2N3O3/c25-24(26)32-21-8-4-1-5-17(21)9-10-22(30)28-11-13-29(14-12-28)23(31)15-18-16-27-20-7-3-2-6-19(18)20/h1-10,16,24,27H,11-15H2. The number of H-pyrrole nitrogens is 1. The van der Waals surface area contributed by atoms with Crippen LogP contribution in [0.15, 0.2) is 60.8 Å². The number of halogens is 2. The monoisotopic (exact) mass is 439 g/mol. The number of benzene rings is 2. The molecule has 1 N–H and O–H groups in total. The zero-order chi connectivity index (χ0) is 22.5. The Balaban J connectivity index is 1.32. The highest BCUT2D eigenvalue weighted by atomic mass is 19.3. The molecule has 2 aromatic carbocycles. The van der Waals surface area contributed by atoms with Crippen molar-refractivity contribution in [1.29, 1.82) is 0 Å². The van der Waals surface area contributed by atoms with Crippen molar-refractivity contribution in [3.05, 3.63) is 71.9 Å². The fourth-order valence-corrected chi connectivity index (χ4v) is 3.82. The van der Waals surface area contributed by atoms with E-state index in [1.165, 1.54) is 18.2 Å². The number of aromatic nitrogens is 1. The van der Waals surface area contributed by atoms with E-state index >= 15 is 0 Å². The largest absolute Gasteiger partial charge is 0.434 e. The van der Waals surface area contributed by atoms with Gasteiger partial charge in [-0.05, 0) is 23.8 Å². The van der Waals surface area contributed by atoms with Crippen LogP contribution in [0.4, 0.5) is 8.78 Å². The van der Waals surface area contributed by atoms with Gasteiger partial charge >= 0.3 is 6.61 Å². The highest BCUT2D eigenvalue weighted by Crippen LogP contribution is 2.22. The summed E-state index contributed by atoms with van der Waals surface area (Å²) in [5, 5.41) is 1.04. The van der Waals surface area contributed by atoms with E-state index in [0.717, 1.165) is 16.5 Å². The second-order valence-corrected chi connectivity index (χ2v) is 7.49. The van der Waals surface area contributed by atoms with Crippen molar-refractivity contribution >= 4 is 28.8 Å². The summed E-state index contributed by atoms with van der Waals surface area (Å²) in [5.74, 6) is -0.199. The van der Waals surface area contributed by atoms with Gasteiger partial charge in [0.25, 0.3) is 0 Å². The van der Waals surface area contributed by atoms with Crippen LogP contribution in [-0.4, -0.2) is 59.4 Å². The predicted molar refractivity (Wildman–Crippen MR) is 117 cm³/mol. The van der Waals surface area contributed by atoms with Crippen molar-refractivity contribution in [3.8, 4) is 5.75 Å². The summed E-state index contributed by atoms with van der Waals surface area (Å²) in [5.41, 5.74) is 2.35. The topological polar surface area (TPSA) is 65.6 Å². The van der Waals surface area contributed by atoms with Crippen molar-refractivity contribution in [2.45, 2.75) is 13.0 Å². The van der Waals surface area contributed by atoms with Crippen molar-refractivity contribution in [2.24, 2.45) is 0 Å². The van der Waals surface area contributed by atoms with Gasteiger partial charge in [-0.25, -0.2) is 0 Å². The molecule has 2 heterocycles. The molecular weight excluding hydrogens is 416 g/mol. The van der Waals surface area contributed by atoms with Crippen LogP contribution in [0, 0.1) is 0 Å². The quantitative estimate of drug-likeness (QED) is 0.596. The van der Waals surface area contributed by atoms with E-state index in [0.29, 0.717) is 38.2 Å². The number of carbonyl (C=O) groups excluding carboxylic acids is 2. The number of alkyl halides is 2. The number of ether oxygens (including phenoxy) is 1. The second-order valence-electron chi connectivity index (χ2n) is 7.49. The molecule has 1 aliphatic heterocycles. The first kappa shape index (κ1) is 21.5. The van der Waals surface area contributed by atoms with E-state index in [4.69, 9.17) is 0 Å². The summed E-state index contributed by atoms with van der Waals surface area (Å²) in [6.07, 6.45) is 4.98. The lowest BCUT2D eigenvalue weighted by molar-refractivity contribution is -0.136. The molecule has 32 heavy (non-hydrogen) atoms. The maximum absolute atomic E-state index is 12.7. The van der Waals surface area contributed by atoms with Crippen molar-refractivity contribution in [3.63, 3.8) is 0 Å². The van der Waals surface area contributed by atoms with Gasteiger partial charge in [-0.3, -0.25) is 9.59 Å². The molecule has 0 bridgehead atoms. The third kappa shape index (κ3) is 4.96. The lowest BCUT2D eigenvalue weighted by Gasteiger charge is -2.34. The molecule has 0 saturated carbocycles. The molecule has 4 rings (SSSR count). The number of hydrogen-bond donors (Lipinski definition) is 1. The number of fused-ring (bicyclic) bond motifs is 1. The van der Waals surface area contributed by atoms with Crippen LogP contribution in [-0.2, 0) is 16.0 Å². The first-order valence-corrected chi connectivity index (χ1v) is 10.3. The molecule has 8 heteroatoms. The van der Waals surface area contributed by atoms with Crippen LogP contribution in [0.2, 0.25) is 0 Å². The van der Waals surface area contributed by atoms with Crippen LogP contribution in [0.3, 0.4) is 0 Å². The Bertz CT molecular complexity index is 1130. The molecule has 1 aliphatic rings. The first-order chi connectivity index (χ1) is 15.5. The maximum atomic E-state index is 12.7.